The summed E-state index contributed by atoms with van der Waals surface area (Å²) >= 11 is 0. The number of carbonyl (C=O) groups is 1. The number of hydrogen-bond donors (Lipinski definition) is 2. The van der Waals surface area contributed by atoms with Crippen molar-refractivity contribution in [2.75, 3.05) is 11.9 Å². The summed E-state index contributed by atoms with van der Waals surface area (Å²) < 4.78 is 34.5. The van der Waals surface area contributed by atoms with Gasteiger partial charge in [-0.05, 0) is 37.3 Å². The number of ether oxygens (including phenoxy) is 1. The van der Waals surface area contributed by atoms with Crippen molar-refractivity contribution >= 4 is 17.4 Å². The Morgan fingerprint density at radius 3 is 2.85 bits per heavy atom. The standard InChI is InChI=1S/C18H15F2N5O2/c1-10-16(22)25-18(20,9-27-10)13-6-12(3-4-14(13)19)24-17(26)15-5-2-11(7-21)8-23-15/h2-6,8,10H,9H2,1H3,(H2,22,25)(H,24,26)/t10-,18-/m0/s1. The molecule has 2 atom stereocenters. The van der Waals surface area contributed by atoms with Gasteiger partial charge in [0.1, 0.15) is 36.1 Å². The highest BCUT2D eigenvalue weighted by Gasteiger charge is 2.39. The molecule has 138 valence electrons. The first kappa shape index (κ1) is 18.4. The van der Waals surface area contributed by atoms with Crippen LogP contribution in [0.25, 0.3) is 0 Å². The molecule has 0 radical (unpaired) electrons. The molecule has 0 spiro atoms. The first-order chi connectivity index (χ1) is 12.8. The van der Waals surface area contributed by atoms with E-state index in [1.807, 2.05) is 6.07 Å². The number of rotatable bonds is 3. The molecule has 0 saturated heterocycles. The molecule has 1 aliphatic rings. The number of anilines is 1. The van der Waals surface area contributed by atoms with Gasteiger partial charge in [0.05, 0.1) is 11.1 Å². The van der Waals surface area contributed by atoms with Gasteiger partial charge < -0.3 is 15.8 Å². The second kappa shape index (κ2) is 7.09. The molecule has 1 aliphatic heterocycles. The lowest BCUT2D eigenvalue weighted by Gasteiger charge is -2.30. The average Bonchev–Trinajstić information content (AvgIpc) is 2.66. The number of hydrogen-bond acceptors (Lipinski definition) is 6. The lowest BCUT2D eigenvalue weighted by atomic mass is 10.0. The Labute approximate surface area is 153 Å². The largest absolute Gasteiger partial charge is 0.385 e. The molecule has 0 unspecified atom stereocenters. The third kappa shape index (κ3) is 3.75. The highest BCUT2D eigenvalue weighted by atomic mass is 19.2. The minimum atomic E-state index is -2.49. The molecule has 3 N–H and O–H groups in total. The zero-order chi connectivity index (χ0) is 19.6. The number of benzene rings is 1. The van der Waals surface area contributed by atoms with Gasteiger partial charge in [0.2, 0.25) is 0 Å². The van der Waals surface area contributed by atoms with Crippen LogP contribution in [-0.2, 0) is 10.5 Å². The fourth-order valence-electron chi connectivity index (χ4n) is 2.47. The molecule has 0 fully saturated rings. The number of amides is 1. The Kier molecular flexibility index (Phi) is 4.83. The SMILES string of the molecule is C[C@@H]1OC[C@@](F)(c2cc(NC(=O)c3ccc(C#N)cn3)ccc2F)N=C1N. The number of alkyl halides is 1. The number of nitriles is 1. The highest BCUT2D eigenvalue weighted by molar-refractivity contribution is 6.02. The lowest BCUT2D eigenvalue weighted by molar-refractivity contribution is -0.0142. The molecule has 2 aromatic rings. The van der Waals surface area contributed by atoms with E-state index < -0.39 is 35.8 Å². The Morgan fingerprint density at radius 2 is 2.22 bits per heavy atom. The Hall–Kier alpha value is -3.38. The summed E-state index contributed by atoms with van der Waals surface area (Å²) in [7, 11) is 0. The Balaban J connectivity index is 1.87. The summed E-state index contributed by atoms with van der Waals surface area (Å²) in [6, 6.07) is 8.13. The summed E-state index contributed by atoms with van der Waals surface area (Å²) in [4.78, 5) is 19.8. The van der Waals surface area contributed by atoms with Crippen LogP contribution in [-0.4, -0.2) is 29.4 Å². The molecule has 1 amide bonds. The van der Waals surface area contributed by atoms with E-state index in [-0.39, 0.29) is 17.2 Å². The van der Waals surface area contributed by atoms with E-state index in [0.29, 0.717) is 5.56 Å². The number of nitrogens with two attached hydrogens (primary N) is 1. The molecular formula is C18H15F2N5O2. The second-order valence-electron chi connectivity index (χ2n) is 5.94. The van der Waals surface area contributed by atoms with Crippen LogP contribution in [0.15, 0.2) is 41.5 Å². The van der Waals surface area contributed by atoms with E-state index in [4.69, 9.17) is 15.7 Å². The highest BCUT2D eigenvalue weighted by Crippen LogP contribution is 2.35. The summed E-state index contributed by atoms with van der Waals surface area (Å²) in [5.74, 6) is -4.02. The van der Waals surface area contributed by atoms with Crippen molar-refractivity contribution in [1.82, 2.24) is 4.98 Å². The van der Waals surface area contributed by atoms with Crippen molar-refractivity contribution in [3.8, 4) is 6.07 Å². The lowest BCUT2D eigenvalue weighted by Crippen LogP contribution is -2.42. The van der Waals surface area contributed by atoms with Crippen molar-refractivity contribution in [3.63, 3.8) is 0 Å². The molecule has 0 saturated carbocycles. The average molecular weight is 371 g/mol. The van der Waals surface area contributed by atoms with Gasteiger partial charge >= 0.3 is 0 Å². The van der Waals surface area contributed by atoms with Crippen molar-refractivity contribution < 1.29 is 18.3 Å². The number of amidine groups is 1. The predicted octanol–water partition coefficient (Wildman–Crippen LogP) is 2.24. The number of nitrogens with zero attached hydrogens (tertiary/aromatic N) is 3. The normalized spacial score (nSPS) is 21.9. The van der Waals surface area contributed by atoms with Gasteiger partial charge in [-0.2, -0.15) is 5.26 Å². The molecule has 7 nitrogen and oxygen atoms in total. The molecule has 27 heavy (non-hydrogen) atoms. The molecule has 0 bridgehead atoms. The van der Waals surface area contributed by atoms with Crippen LogP contribution in [0.4, 0.5) is 14.5 Å². The van der Waals surface area contributed by atoms with Crippen LogP contribution < -0.4 is 11.1 Å². The van der Waals surface area contributed by atoms with Crippen LogP contribution in [0.3, 0.4) is 0 Å². The maximum Gasteiger partial charge on any atom is 0.274 e. The molecule has 1 aromatic heterocycles. The summed E-state index contributed by atoms with van der Waals surface area (Å²) in [5, 5.41) is 11.3. The van der Waals surface area contributed by atoms with Gasteiger partial charge in [-0.3, -0.25) is 4.79 Å². The summed E-state index contributed by atoms with van der Waals surface area (Å²) in [5.41, 5.74) is 5.72. The smallest absolute Gasteiger partial charge is 0.274 e. The number of aliphatic imine (C=N–C) groups is 1. The zero-order valence-corrected chi connectivity index (χ0v) is 14.2. The number of aromatic nitrogens is 1. The second-order valence-corrected chi connectivity index (χ2v) is 5.94. The topological polar surface area (TPSA) is 113 Å². The van der Waals surface area contributed by atoms with Crippen molar-refractivity contribution in [2.24, 2.45) is 10.7 Å². The fraction of sp³-hybridized carbons (Fsp3) is 0.222. The van der Waals surface area contributed by atoms with Gasteiger partial charge in [-0.15, -0.1) is 0 Å². The quantitative estimate of drug-likeness (QED) is 0.804. The van der Waals surface area contributed by atoms with Gasteiger partial charge in [0.15, 0.2) is 0 Å². The number of pyridine rings is 1. The van der Waals surface area contributed by atoms with Crippen molar-refractivity contribution in [3.05, 3.63) is 59.2 Å². The molecule has 1 aromatic carbocycles. The number of halogens is 2. The van der Waals surface area contributed by atoms with Crippen LogP contribution in [0, 0.1) is 17.1 Å². The van der Waals surface area contributed by atoms with E-state index in [1.165, 1.54) is 24.4 Å². The van der Waals surface area contributed by atoms with Gasteiger partial charge in [-0.1, -0.05) is 0 Å². The van der Waals surface area contributed by atoms with Crippen molar-refractivity contribution in [2.45, 2.75) is 18.8 Å². The maximum atomic E-state index is 15.1. The zero-order valence-electron chi connectivity index (χ0n) is 14.2. The van der Waals surface area contributed by atoms with Crippen molar-refractivity contribution in [1.29, 1.82) is 5.26 Å². The van der Waals surface area contributed by atoms with Crippen LogP contribution in [0.5, 0.6) is 0 Å². The molecule has 0 aliphatic carbocycles. The minimum absolute atomic E-state index is 0.0481. The van der Waals surface area contributed by atoms with Gasteiger partial charge in [-0.25, -0.2) is 18.8 Å². The van der Waals surface area contributed by atoms with E-state index in [2.05, 4.69) is 15.3 Å². The van der Waals surface area contributed by atoms with Crippen LogP contribution >= 0.6 is 0 Å². The molecule has 3 rings (SSSR count). The van der Waals surface area contributed by atoms with E-state index >= 15 is 4.39 Å². The molecule has 9 heteroatoms. The van der Waals surface area contributed by atoms with Crippen LogP contribution in [0.1, 0.15) is 28.5 Å². The van der Waals surface area contributed by atoms with E-state index in [9.17, 15) is 9.18 Å². The first-order valence-corrected chi connectivity index (χ1v) is 7.95. The van der Waals surface area contributed by atoms with Crippen LogP contribution in [0.2, 0.25) is 0 Å². The molecule has 2 heterocycles. The maximum absolute atomic E-state index is 15.1. The summed E-state index contributed by atoms with van der Waals surface area (Å²) in [6.07, 6.45) is 0.682. The Morgan fingerprint density at radius 1 is 1.44 bits per heavy atom. The predicted molar refractivity (Wildman–Crippen MR) is 93.1 cm³/mol. The first-order valence-electron chi connectivity index (χ1n) is 7.95. The van der Waals surface area contributed by atoms with E-state index in [0.717, 1.165) is 12.1 Å². The van der Waals surface area contributed by atoms with Gasteiger partial charge in [0.25, 0.3) is 11.7 Å². The minimum Gasteiger partial charge on any atom is -0.385 e. The number of carbonyl (C=O) groups excluding carboxylic acids is 1. The fourth-order valence-corrected chi connectivity index (χ4v) is 2.47. The van der Waals surface area contributed by atoms with E-state index in [1.54, 1.807) is 6.92 Å². The number of nitrogens with one attached hydrogen (secondary N) is 1. The monoisotopic (exact) mass is 371 g/mol. The third-order valence-electron chi connectivity index (χ3n) is 4.01. The Bertz CT molecular complexity index is 955. The van der Waals surface area contributed by atoms with Gasteiger partial charge in [0, 0.05) is 11.9 Å². The molecular weight excluding hydrogens is 356 g/mol. The third-order valence-corrected chi connectivity index (χ3v) is 4.01. The summed E-state index contributed by atoms with van der Waals surface area (Å²) in [6.45, 7) is 1.11.